The van der Waals surface area contributed by atoms with Gasteiger partial charge in [-0.2, -0.15) is 13.2 Å². The number of nitrogens with zero attached hydrogens (tertiary/aromatic N) is 1. The number of halogens is 3. The zero-order chi connectivity index (χ0) is 22.7. The molecule has 1 heterocycles. The maximum Gasteiger partial charge on any atom is 0.416 e. The molecular formula is C25H19F3N2O2. The summed E-state index contributed by atoms with van der Waals surface area (Å²) in [6.45, 7) is 2.01. The van der Waals surface area contributed by atoms with E-state index in [1.165, 1.54) is 18.4 Å². The number of amides is 1. The van der Waals surface area contributed by atoms with Gasteiger partial charge in [-0.1, -0.05) is 30.3 Å². The summed E-state index contributed by atoms with van der Waals surface area (Å²) >= 11 is 0. The average Bonchev–Trinajstić information content (AvgIpc) is 3.29. The van der Waals surface area contributed by atoms with Crippen LogP contribution in [0.5, 0.6) is 0 Å². The van der Waals surface area contributed by atoms with Gasteiger partial charge < -0.3 is 9.73 Å². The Hall–Kier alpha value is -3.87. The molecule has 1 aromatic heterocycles. The van der Waals surface area contributed by atoms with E-state index in [0.717, 1.165) is 34.4 Å². The van der Waals surface area contributed by atoms with Crippen molar-refractivity contribution in [2.24, 2.45) is 0 Å². The van der Waals surface area contributed by atoms with Crippen LogP contribution in [0.1, 0.15) is 16.7 Å². The predicted molar refractivity (Wildman–Crippen MR) is 116 cm³/mol. The number of carbonyl (C=O) groups is 1. The maximum absolute atomic E-state index is 12.7. The molecule has 0 radical (unpaired) electrons. The number of oxazole rings is 1. The minimum absolute atomic E-state index is 0.0167. The molecule has 1 amide bonds. The Morgan fingerprint density at radius 2 is 1.66 bits per heavy atom. The number of nitrogens with one attached hydrogen (secondary N) is 1. The topological polar surface area (TPSA) is 55.1 Å². The molecule has 0 atom stereocenters. The molecule has 1 N–H and O–H groups in total. The van der Waals surface area contributed by atoms with Crippen molar-refractivity contribution in [3.05, 3.63) is 95.9 Å². The van der Waals surface area contributed by atoms with Gasteiger partial charge in [-0.15, -0.1) is 0 Å². The Labute approximate surface area is 182 Å². The lowest BCUT2D eigenvalue weighted by molar-refractivity contribution is -0.137. The van der Waals surface area contributed by atoms with E-state index in [1.807, 2.05) is 37.3 Å². The molecule has 4 nitrogen and oxygen atoms in total. The van der Waals surface area contributed by atoms with Crippen LogP contribution in [0.3, 0.4) is 0 Å². The van der Waals surface area contributed by atoms with Gasteiger partial charge >= 0.3 is 6.18 Å². The molecule has 0 saturated carbocycles. The van der Waals surface area contributed by atoms with Gasteiger partial charge in [0.05, 0.1) is 18.2 Å². The number of alkyl halides is 3. The first-order valence-electron chi connectivity index (χ1n) is 9.86. The summed E-state index contributed by atoms with van der Waals surface area (Å²) in [6, 6.07) is 17.9. The van der Waals surface area contributed by atoms with Gasteiger partial charge in [0.2, 0.25) is 11.8 Å². The fourth-order valence-corrected chi connectivity index (χ4v) is 3.37. The lowest BCUT2D eigenvalue weighted by Crippen LogP contribution is -2.14. The third-order valence-electron chi connectivity index (χ3n) is 5.04. The summed E-state index contributed by atoms with van der Waals surface area (Å²) in [7, 11) is 0. The molecule has 0 aliphatic carbocycles. The van der Waals surface area contributed by atoms with E-state index in [0.29, 0.717) is 17.1 Å². The van der Waals surface area contributed by atoms with Crippen molar-refractivity contribution < 1.29 is 22.4 Å². The maximum atomic E-state index is 12.7. The highest BCUT2D eigenvalue weighted by Crippen LogP contribution is 2.30. The van der Waals surface area contributed by atoms with Gasteiger partial charge in [0, 0.05) is 11.3 Å². The number of carbonyl (C=O) groups excluding carboxylic acids is 1. The highest BCUT2D eigenvalue weighted by molar-refractivity contribution is 5.92. The van der Waals surface area contributed by atoms with Crippen LogP contribution in [0.25, 0.3) is 22.6 Å². The fourth-order valence-electron chi connectivity index (χ4n) is 3.37. The molecule has 4 rings (SSSR count). The summed E-state index contributed by atoms with van der Waals surface area (Å²) in [5, 5.41) is 2.78. The number of aromatic nitrogens is 1. The van der Waals surface area contributed by atoms with Crippen molar-refractivity contribution >= 4 is 11.6 Å². The minimum Gasteiger partial charge on any atom is -0.445 e. The third kappa shape index (κ3) is 4.88. The molecule has 3 aromatic carbocycles. The minimum atomic E-state index is -4.39. The van der Waals surface area contributed by atoms with Crippen molar-refractivity contribution in [1.82, 2.24) is 4.98 Å². The van der Waals surface area contributed by atoms with E-state index in [9.17, 15) is 18.0 Å². The van der Waals surface area contributed by atoms with E-state index in [2.05, 4.69) is 10.3 Å². The van der Waals surface area contributed by atoms with Crippen molar-refractivity contribution in [3.8, 4) is 22.6 Å². The predicted octanol–water partition coefficient (Wildman–Crippen LogP) is 6.52. The van der Waals surface area contributed by atoms with Crippen LogP contribution in [-0.4, -0.2) is 10.9 Å². The number of aryl methyl sites for hydroxylation is 1. The highest BCUT2D eigenvalue weighted by atomic mass is 19.4. The first-order chi connectivity index (χ1) is 15.3. The average molecular weight is 436 g/mol. The van der Waals surface area contributed by atoms with E-state index < -0.39 is 11.7 Å². The van der Waals surface area contributed by atoms with Gasteiger partial charge in [0.15, 0.2) is 0 Å². The Bertz CT molecular complexity index is 1210. The van der Waals surface area contributed by atoms with Crippen LogP contribution >= 0.6 is 0 Å². The molecule has 0 bridgehead atoms. The number of anilines is 1. The van der Waals surface area contributed by atoms with Crippen LogP contribution in [0.4, 0.5) is 18.9 Å². The van der Waals surface area contributed by atoms with Crippen LogP contribution in [-0.2, 0) is 17.4 Å². The molecule has 162 valence electrons. The van der Waals surface area contributed by atoms with E-state index in [4.69, 9.17) is 4.42 Å². The number of hydrogen-bond donors (Lipinski definition) is 1. The van der Waals surface area contributed by atoms with Gasteiger partial charge in [0.25, 0.3) is 0 Å². The van der Waals surface area contributed by atoms with Gasteiger partial charge in [-0.05, 0) is 65.6 Å². The van der Waals surface area contributed by atoms with E-state index in [-0.39, 0.29) is 12.3 Å². The summed E-state index contributed by atoms with van der Waals surface area (Å²) in [5.74, 6) is 0.234. The first-order valence-corrected chi connectivity index (χ1v) is 9.86. The van der Waals surface area contributed by atoms with Crippen molar-refractivity contribution in [1.29, 1.82) is 0 Å². The molecule has 4 aromatic rings. The molecule has 0 saturated heterocycles. The standard InChI is InChI=1S/C25H19F3N2O2/c1-16-2-5-19(24-29-12-13-32-24)15-22(16)18-6-10-21(11-7-18)30-23(31)14-17-3-8-20(9-4-17)25(26,27)28/h2-13,15H,14H2,1H3,(H,30,31). The zero-order valence-corrected chi connectivity index (χ0v) is 17.1. The lowest BCUT2D eigenvalue weighted by atomic mass is 9.98. The summed E-state index contributed by atoms with van der Waals surface area (Å²) in [6.07, 6.45) is -1.29. The Morgan fingerprint density at radius 3 is 2.28 bits per heavy atom. The van der Waals surface area contributed by atoms with Crippen molar-refractivity contribution in [2.45, 2.75) is 19.5 Å². The van der Waals surface area contributed by atoms with E-state index >= 15 is 0 Å². The normalized spacial score (nSPS) is 11.4. The highest BCUT2D eigenvalue weighted by Gasteiger charge is 2.29. The monoisotopic (exact) mass is 436 g/mol. The smallest absolute Gasteiger partial charge is 0.416 e. The summed E-state index contributed by atoms with van der Waals surface area (Å²) in [4.78, 5) is 16.5. The van der Waals surface area contributed by atoms with Crippen molar-refractivity contribution in [2.75, 3.05) is 5.32 Å². The first kappa shape index (κ1) is 21.4. The third-order valence-corrected chi connectivity index (χ3v) is 5.04. The number of hydrogen-bond acceptors (Lipinski definition) is 3. The molecule has 0 aliphatic heterocycles. The fraction of sp³-hybridized carbons (Fsp3) is 0.120. The van der Waals surface area contributed by atoms with Crippen LogP contribution in [0.2, 0.25) is 0 Å². The Morgan fingerprint density at radius 1 is 0.969 bits per heavy atom. The molecule has 32 heavy (non-hydrogen) atoms. The second-order valence-electron chi connectivity index (χ2n) is 7.36. The quantitative estimate of drug-likeness (QED) is 0.388. The molecule has 0 fully saturated rings. The molecular weight excluding hydrogens is 417 g/mol. The Kier molecular flexibility index (Phi) is 5.81. The summed E-state index contributed by atoms with van der Waals surface area (Å²) in [5.41, 5.74) is 4.31. The van der Waals surface area contributed by atoms with Crippen LogP contribution in [0.15, 0.2) is 83.6 Å². The molecule has 0 aliphatic rings. The lowest BCUT2D eigenvalue weighted by Gasteiger charge is -2.10. The molecule has 0 unspecified atom stereocenters. The van der Waals surface area contributed by atoms with Gasteiger partial charge in [0.1, 0.15) is 6.26 Å². The number of benzene rings is 3. The molecule has 7 heteroatoms. The van der Waals surface area contributed by atoms with Gasteiger partial charge in [-0.25, -0.2) is 4.98 Å². The van der Waals surface area contributed by atoms with Crippen molar-refractivity contribution in [3.63, 3.8) is 0 Å². The second-order valence-corrected chi connectivity index (χ2v) is 7.36. The largest absolute Gasteiger partial charge is 0.445 e. The van der Waals surface area contributed by atoms with Crippen LogP contribution < -0.4 is 5.32 Å². The Balaban J connectivity index is 1.44. The summed E-state index contributed by atoms with van der Waals surface area (Å²) < 4.78 is 43.3. The second kappa shape index (κ2) is 8.70. The van der Waals surface area contributed by atoms with E-state index in [1.54, 1.807) is 18.3 Å². The molecule has 0 spiro atoms. The van der Waals surface area contributed by atoms with Crippen LogP contribution in [0, 0.1) is 6.92 Å². The zero-order valence-electron chi connectivity index (χ0n) is 17.1. The SMILES string of the molecule is Cc1ccc(-c2ncco2)cc1-c1ccc(NC(=O)Cc2ccc(C(F)(F)F)cc2)cc1. The van der Waals surface area contributed by atoms with Gasteiger partial charge in [-0.3, -0.25) is 4.79 Å². The number of rotatable bonds is 5.